The Kier molecular flexibility index (Phi) is 5.04. The zero-order valence-corrected chi connectivity index (χ0v) is 18.2. The van der Waals surface area contributed by atoms with Gasteiger partial charge in [-0.25, -0.2) is 4.98 Å². The van der Waals surface area contributed by atoms with Crippen LogP contribution in [-0.2, 0) is 17.5 Å². The van der Waals surface area contributed by atoms with Gasteiger partial charge in [0.25, 0.3) is 5.91 Å². The molecule has 33 heavy (non-hydrogen) atoms. The standard InChI is InChI=1S/C24H23F3N4O2/c1-12(19-8-4-15(10-29-19)24(25,26)27)31(16-5-6-16)23(32)14-3-7-20-17(9-14)18-11-33-13(2)21(18)22(28)30-20/h3-4,7-10,12-13,16H,5-6,11H2,1-2H3,(H2,28,30)/t12?,13-/m1/s1. The van der Waals surface area contributed by atoms with Crippen LogP contribution in [0, 0.1) is 0 Å². The van der Waals surface area contributed by atoms with E-state index < -0.39 is 17.8 Å². The lowest BCUT2D eigenvalue weighted by atomic mass is 9.99. The number of alkyl halides is 3. The molecule has 172 valence electrons. The van der Waals surface area contributed by atoms with Crippen molar-refractivity contribution in [2.45, 2.75) is 57.7 Å². The van der Waals surface area contributed by atoms with Crippen molar-refractivity contribution in [3.05, 3.63) is 64.5 Å². The highest BCUT2D eigenvalue weighted by Gasteiger charge is 2.38. The number of amides is 1. The molecule has 0 bridgehead atoms. The number of nitrogen functional groups attached to an aromatic ring is 1. The maximum absolute atomic E-state index is 13.6. The third-order valence-corrected chi connectivity index (χ3v) is 6.43. The van der Waals surface area contributed by atoms with E-state index in [-0.39, 0.29) is 18.1 Å². The highest BCUT2D eigenvalue weighted by atomic mass is 19.4. The largest absolute Gasteiger partial charge is 0.417 e. The molecule has 1 unspecified atom stereocenters. The molecule has 0 saturated heterocycles. The van der Waals surface area contributed by atoms with Crippen LogP contribution in [0.15, 0.2) is 36.5 Å². The van der Waals surface area contributed by atoms with Gasteiger partial charge >= 0.3 is 6.18 Å². The number of nitrogens with zero attached hydrogens (tertiary/aromatic N) is 3. The molecule has 9 heteroatoms. The van der Waals surface area contributed by atoms with Gasteiger partial charge in [0.2, 0.25) is 0 Å². The van der Waals surface area contributed by atoms with Crippen LogP contribution in [0.1, 0.15) is 71.6 Å². The number of anilines is 1. The second kappa shape index (κ2) is 7.69. The lowest BCUT2D eigenvalue weighted by Gasteiger charge is -2.29. The van der Waals surface area contributed by atoms with E-state index in [1.807, 2.05) is 13.0 Å². The molecule has 1 saturated carbocycles. The average molecular weight is 456 g/mol. The highest BCUT2D eigenvalue weighted by Crippen LogP contribution is 2.40. The zero-order valence-electron chi connectivity index (χ0n) is 18.2. The summed E-state index contributed by atoms with van der Waals surface area (Å²) in [4.78, 5) is 23.8. The zero-order chi connectivity index (χ0) is 23.5. The Balaban J connectivity index is 1.49. The van der Waals surface area contributed by atoms with Crippen LogP contribution in [0.3, 0.4) is 0 Å². The van der Waals surface area contributed by atoms with Crippen molar-refractivity contribution in [1.82, 2.24) is 14.9 Å². The van der Waals surface area contributed by atoms with Crippen molar-refractivity contribution < 1.29 is 22.7 Å². The number of aromatic nitrogens is 2. The number of halogens is 3. The normalized spacial score (nSPS) is 18.9. The lowest BCUT2D eigenvalue weighted by Crippen LogP contribution is -2.36. The molecule has 2 atom stereocenters. The van der Waals surface area contributed by atoms with Gasteiger partial charge in [-0.2, -0.15) is 13.2 Å². The summed E-state index contributed by atoms with van der Waals surface area (Å²) in [5.74, 6) is 0.245. The molecule has 2 aromatic heterocycles. The van der Waals surface area contributed by atoms with Gasteiger partial charge < -0.3 is 15.4 Å². The van der Waals surface area contributed by atoms with Gasteiger partial charge in [0.05, 0.1) is 35.5 Å². The summed E-state index contributed by atoms with van der Waals surface area (Å²) in [5, 5.41) is 0.824. The van der Waals surface area contributed by atoms with E-state index in [1.165, 1.54) is 6.07 Å². The molecule has 0 spiro atoms. The number of rotatable bonds is 4. The first-order valence-corrected chi connectivity index (χ1v) is 10.8. The summed E-state index contributed by atoms with van der Waals surface area (Å²) in [6.45, 7) is 4.11. The topological polar surface area (TPSA) is 81.3 Å². The van der Waals surface area contributed by atoms with Crippen molar-refractivity contribution >= 4 is 22.6 Å². The Bertz CT molecular complexity index is 1240. The van der Waals surface area contributed by atoms with Crippen LogP contribution >= 0.6 is 0 Å². The molecule has 0 radical (unpaired) electrons. The van der Waals surface area contributed by atoms with Crippen molar-refractivity contribution in [2.24, 2.45) is 0 Å². The van der Waals surface area contributed by atoms with E-state index >= 15 is 0 Å². The molecule has 2 N–H and O–H groups in total. The minimum absolute atomic E-state index is 0.0332. The number of ether oxygens (including phenoxy) is 1. The second-order valence-electron chi connectivity index (χ2n) is 8.66. The Morgan fingerprint density at radius 3 is 2.64 bits per heavy atom. The number of nitrogens with two attached hydrogens (primary N) is 1. The fourth-order valence-electron chi connectivity index (χ4n) is 4.52. The first kappa shape index (κ1) is 21.6. The van der Waals surface area contributed by atoms with Crippen LogP contribution in [0.4, 0.5) is 19.0 Å². The molecule has 6 nitrogen and oxygen atoms in total. The average Bonchev–Trinajstić information content (AvgIpc) is 3.53. The van der Waals surface area contributed by atoms with Crippen LogP contribution < -0.4 is 5.73 Å². The molecular weight excluding hydrogens is 433 g/mol. The van der Waals surface area contributed by atoms with Crippen molar-refractivity contribution in [2.75, 3.05) is 5.73 Å². The Morgan fingerprint density at radius 2 is 2.00 bits per heavy atom. The number of benzene rings is 1. The molecular formula is C24H23F3N4O2. The van der Waals surface area contributed by atoms with Crippen LogP contribution in [-0.4, -0.2) is 26.8 Å². The van der Waals surface area contributed by atoms with Crippen molar-refractivity contribution in [3.63, 3.8) is 0 Å². The summed E-state index contributed by atoms with van der Waals surface area (Å²) >= 11 is 0. The minimum Gasteiger partial charge on any atom is -0.383 e. The van der Waals surface area contributed by atoms with Crippen LogP contribution in [0.5, 0.6) is 0 Å². The maximum Gasteiger partial charge on any atom is 0.417 e. The Labute approximate surface area is 188 Å². The van der Waals surface area contributed by atoms with Gasteiger partial charge in [-0.1, -0.05) is 0 Å². The molecule has 1 aliphatic carbocycles. The van der Waals surface area contributed by atoms with E-state index in [0.29, 0.717) is 29.2 Å². The van der Waals surface area contributed by atoms with Gasteiger partial charge in [0.15, 0.2) is 0 Å². The molecule has 3 aromatic rings. The van der Waals surface area contributed by atoms with E-state index in [0.717, 1.165) is 41.6 Å². The SMILES string of the molecule is CC(c1ccc(C(F)(F)F)cn1)N(C(=O)c1ccc2nc(N)c3c(c2c1)CO[C@@H]3C)C1CC1. The van der Waals surface area contributed by atoms with E-state index in [4.69, 9.17) is 10.5 Å². The van der Waals surface area contributed by atoms with Gasteiger partial charge in [0.1, 0.15) is 5.82 Å². The minimum atomic E-state index is -4.45. The molecule has 1 aromatic carbocycles. The Morgan fingerprint density at radius 1 is 1.24 bits per heavy atom. The smallest absolute Gasteiger partial charge is 0.383 e. The molecule has 3 heterocycles. The molecule has 1 fully saturated rings. The second-order valence-corrected chi connectivity index (χ2v) is 8.66. The number of carbonyl (C=O) groups is 1. The highest BCUT2D eigenvalue weighted by molar-refractivity contribution is 5.99. The summed E-state index contributed by atoms with van der Waals surface area (Å²) in [6, 6.07) is 7.21. The third-order valence-electron chi connectivity index (χ3n) is 6.43. The third kappa shape index (κ3) is 3.80. The summed E-state index contributed by atoms with van der Waals surface area (Å²) in [5.41, 5.74) is 8.70. The summed E-state index contributed by atoms with van der Waals surface area (Å²) in [7, 11) is 0. The number of carbonyl (C=O) groups excluding carboxylic acids is 1. The maximum atomic E-state index is 13.6. The quantitative estimate of drug-likeness (QED) is 0.585. The van der Waals surface area contributed by atoms with Crippen molar-refractivity contribution in [3.8, 4) is 0 Å². The first-order chi connectivity index (χ1) is 15.6. The van der Waals surface area contributed by atoms with E-state index in [9.17, 15) is 18.0 Å². The summed E-state index contributed by atoms with van der Waals surface area (Å²) in [6.07, 6.45) is -2.10. The predicted octanol–water partition coefficient (Wildman–Crippen LogP) is 5.19. The Hall–Kier alpha value is -3.20. The van der Waals surface area contributed by atoms with Gasteiger partial charge in [-0.15, -0.1) is 0 Å². The summed E-state index contributed by atoms with van der Waals surface area (Å²) < 4.78 is 44.5. The van der Waals surface area contributed by atoms with Crippen LogP contribution in [0.2, 0.25) is 0 Å². The number of fused-ring (bicyclic) bond motifs is 3. The fraction of sp³-hybridized carbons (Fsp3) is 0.375. The lowest BCUT2D eigenvalue weighted by molar-refractivity contribution is -0.137. The molecule has 1 amide bonds. The van der Waals surface area contributed by atoms with Gasteiger partial charge in [-0.3, -0.25) is 9.78 Å². The van der Waals surface area contributed by atoms with Gasteiger partial charge in [0, 0.05) is 28.8 Å². The van der Waals surface area contributed by atoms with Crippen molar-refractivity contribution in [1.29, 1.82) is 0 Å². The molecule has 1 aliphatic heterocycles. The van der Waals surface area contributed by atoms with Gasteiger partial charge in [-0.05, 0) is 62.6 Å². The predicted molar refractivity (Wildman–Crippen MR) is 116 cm³/mol. The monoisotopic (exact) mass is 456 g/mol. The van der Waals surface area contributed by atoms with E-state index in [2.05, 4.69) is 9.97 Å². The first-order valence-electron chi connectivity index (χ1n) is 10.8. The van der Waals surface area contributed by atoms with E-state index in [1.54, 1.807) is 24.0 Å². The van der Waals surface area contributed by atoms with Crippen LogP contribution in [0.25, 0.3) is 10.9 Å². The fourth-order valence-corrected chi connectivity index (χ4v) is 4.52. The number of hydrogen-bond donors (Lipinski definition) is 1. The molecule has 5 rings (SSSR count). The molecule has 2 aliphatic rings. The number of hydrogen-bond acceptors (Lipinski definition) is 5. The number of pyridine rings is 2.